The molecule has 2 N–H and O–H groups in total. The minimum Gasteiger partial charge on any atom is -0.383 e. The predicted octanol–water partition coefficient (Wildman–Crippen LogP) is 2.83. The number of carbonyl (C=O) groups excluding carboxylic acids is 1. The summed E-state index contributed by atoms with van der Waals surface area (Å²) in [5, 5.41) is 7.61. The van der Waals surface area contributed by atoms with Crippen molar-refractivity contribution in [2.24, 2.45) is 0 Å². The quantitative estimate of drug-likeness (QED) is 0.855. The second-order valence-corrected chi connectivity index (χ2v) is 7.36. The monoisotopic (exact) mass is 371 g/mol. The molecule has 0 radical (unpaired) electrons. The van der Waals surface area contributed by atoms with Gasteiger partial charge in [0.15, 0.2) is 0 Å². The van der Waals surface area contributed by atoms with Crippen LogP contribution < -0.4 is 10.6 Å². The molecule has 3 rings (SSSR count). The van der Waals surface area contributed by atoms with E-state index in [-0.39, 0.29) is 11.6 Å². The number of fused-ring (bicyclic) bond motifs is 1. The topological polar surface area (TPSA) is 53.6 Å². The van der Waals surface area contributed by atoms with Crippen molar-refractivity contribution in [3.05, 3.63) is 33.3 Å². The summed E-state index contributed by atoms with van der Waals surface area (Å²) in [5.74, 6) is 0. The molecule has 1 aromatic rings. The lowest BCUT2D eigenvalue weighted by molar-refractivity contribution is 0.117. The number of hydrogen-bond donors (Lipinski definition) is 2. The Morgan fingerprint density at radius 3 is 3.00 bits per heavy atom. The Hall–Kier alpha value is -1.01. The van der Waals surface area contributed by atoms with E-state index in [0.29, 0.717) is 36.3 Å². The van der Waals surface area contributed by atoms with E-state index in [2.05, 4.69) is 10.6 Å². The first kappa shape index (κ1) is 17.8. The molecule has 0 spiro atoms. The van der Waals surface area contributed by atoms with Gasteiger partial charge in [0.05, 0.1) is 22.2 Å². The molecule has 1 fully saturated rings. The van der Waals surface area contributed by atoms with E-state index < -0.39 is 0 Å². The minimum absolute atomic E-state index is 0.0686. The Balaban J connectivity index is 1.63. The summed E-state index contributed by atoms with van der Waals surface area (Å²) < 4.78 is 5.32. The number of benzene rings is 1. The number of nitrogens with zero attached hydrogens (tertiary/aromatic N) is 1. The predicted molar refractivity (Wildman–Crippen MR) is 95.8 cm³/mol. The summed E-state index contributed by atoms with van der Waals surface area (Å²) in [7, 11) is 1.69. The van der Waals surface area contributed by atoms with Gasteiger partial charge in [-0.1, -0.05) is 29.3 Å². The molecule has 0 aromatic heterocycles. The highest BCUT2D eigenvalue weighted by Gasteiger charge is 2.34. The number of rotatable bonds is 4. The second-order valence-electron chi connectivity index (χ2n) is 6.57. The van der Waals surface area contributed by atoms with Gasteiger partial charge in [-0.3, -0.25) is 0 Å². The Morgan fingerprint density at radius 2 is 2.29 bits per heavy atom. The van der Waals surface area contributed by atoms with Crippen LogP contribution in [0, 0.1) is 0 Å². The molecule has 1 atom stereocenters. The maximum absolute atomic E-state index is 12.6. The maximum Gasteiger partial charge on any atom is 0.317 e. The Morgan fingerprint density at radius 1 is 1.46 bits per heavy atom. The van der Waals surface area contributed by atoms with Crippen LogP contribution in [0.4, 0.5) is 4.79 Å². The van der Waals surface area contributed by atoms with Gasteiger partial charge >= 0.3 is 6.03 Å². The van der Waals surface area contributed by atoms with Gasteiger partial charge in [-0.25, -0.2) is 4.79 Å². The minimum atomic E-state index is -0.154. The zero-order valence-corrected chi connectivity index (χ0v) is 15.3. The molecule has 1 saturated heterocycles. The normalized spacial score (nSPS) is 23.2. The third kappa shape index (κ3) is 3.64. The van der Waals surface area contributed by atoms with Crippen molar-refractivity contribution >= 4 is 29.2 Å². The van der Waals surface area contributed by atoms with Crippen LogP contribution in [0.2, 0.25) is 10.0 Å². The molecule has 0 bridgehead atoms. The molecule has 7 heteroatoms. The van der Waals surface area contributed by atoms with Crippen molar-refractivity contribution in [3.63, 3.8) is 0 Å². The lowest BCUT2D eigenvalue weighted by Gasteiger charge is -2.33. The number of carbonyl (C=O) groups is 1. The summed E-state index contributed by atoms with van der Waals surface area (Å²) in [4.78, 5) is 14.4. The SMILES string of the molecule is COCC1(CNC(=O)N2CCc3ccc(Cl)c(Cl)c3C2)CCCN1. The summed E-state index contributed by atoms with van der Waals surface area (Å²) in [6.45, 7) is 3.29. The molecule has 5 nitrogen and oxygen atoms in total. The van der Waals surface area contributed by atoms with Crippen LogP contribution >= 0.6 is 23.2 Å². The van der Waals surface area contributed by atoms with E-state index in [9.17, 15) is 4.79 Å². The second kappa shape index (κ2) is 7.48. The van der Waals surface area contributed by atoms with Crippen LogP contribution in [-0.4, -0.2) is 49.8 Å². The fraction of sp³-hybridized carbons (Fsp3) is 0.588. The largest absolute Gasteiger partial charge is 0.383 e. The van der Waals surface area contributed by atoms with E-state index >= 15 is 0 Å². The molecular weight excluding hydrogens is 349 g/mol. The molecule has 1 aromatic carbocycles. The van der Waals surface area contributed by atoms with Crippen LogP contribution in [0.15, 0.2) is 12.1 Å². The number of ether oxygens (including phenoxy) is 1. The number of hydrogen-bond acceptors (Lipinski definition) is 3. The first-order valence-corrected chi connectivity index (χ1v) is 9.03. The Bertz CT molecular complexity index is 618. The van der Waals surface area contributed by atoms with Crippen molar-refractivity contribution in [3.8, 4) is 0 Å². The highest BCUT2D eigenvalue weighted by atomic mass is 35.5. The van der Waals surface area contributed by atoms with Crippen LogP contribution in [-0.2, 0) is 17.7 Å². The van der Waals surface area contributed by atoms with Gasteiger partial charge in [0, 0.05) is 26.7 Å². The van der Waals surface area contributed by atoms with E-state index in [1.54, 1.807) is 12.0 Å². The third-order valence-electron chi connectivity index (χ3n) is 4.91. The van der Waals surface area contributed by atoms with Gasteiger partial charge in [-0.05, 0) is 43.0 Å². The van der Waals surface area contributed by atoms with Gasteiger partial charge in [0.25, 0.3) is 0 Å². The highest BCUT2D eigenvalue weighted by molar-refractivity contribution is 6.42. The van der Waals surface area contributed by atoms with Crippen LogP contribution in [0.3, 0.4) is 0 Å². The lowest BCUT2D eigenvalue weighted by atomic mass is 9.98. The third-order valence-corrected chi connectivity index (χ3v) is 5.75. The summed E-state index contributed by atoms with van der Waals surface area (Å²) in [5.41, 5.74) is 1.97. The number of amides is 2. The molecular formula is C17H23Cl2N3O2. The van der Waals surface area contributed by atoms with Gasteiger partial charge in [0.2, 0.25) is 0 Å². The van der Waals surface area contributed by atoms with Crippen molar-refractivity contribution in [1.29, 1.82) is 0 Å². The fourth-order valence-electron chi connectivity index (χ4n) is 3.56. The van der Waals surface area contributed by atoms with Gasteiger partial charge in [-0.2, -0.15) is 0 Å². The molecule has 0 saturated carbocycles. The zero-order chi connectivity index (χ0) is 17.2. The molecule has 0 aliphatic carbocycles. The van der Waals surface area contributed by atoms with E-state index in [4.69, 9.17) is 27.9 Å². The number of halogens is 2. The van der Waals surface area contributed by atoms with Gasteiger partial charge < -0.3 is 20.3 Å². The van der Waals surface area contributed by atoms with Crippen LogP contribution in [0.5, 0.6) is 0 Å². The zero-order valence-electron chi connectivity index (χ0n) is 13.8. The molecule has 24 heavy (non-hydrogen) atoms. The fourth-order valence-corrected chi connectivity index (χ4v) is 3.98. The number of methoxy groups -OCH3 is 1. The molecule has 2 amide bonds. The van der Waals surface area contributed by atoms with Crippen LogP contribution in [0.1, 0.15) is 24.0 Å². The summed E-state index contributed by atoms with van der Waals surface area (Å²) in [6.07, 6.45) is 2.90. The van der Waals surface area contributed by atoms with Crippen molar-refractivity contribution < 1.29 is 9.53 Å². The lowest BCUT2D eigenvalue weighted by Crippen LogP contribution is -2.55. The van der Waals surface area contributed by atoms with E-state index in [1.165, 1.54) is 5.56 Å². The molecule has 2 heterocycles. The van der Waals surface area contributed by atoms with Crippen molar-refractivity contribution in [1.82, 2.24) is 15.5 Å². The number of urea groups is 1. The summed E-state index contributed by atoms with van der Waals surface area (Å²) in [6, 6.07) is 3.74. The molecule has 1 unspecified atom stereocenters. The van der Waals surface area contributed by atoms with E-state index in [0.717, 1.165) is 31.4 Å². The Kier molecular flexibility index (Phi) is 5.55. The average Bonchev–Trinajstić information content (AvgIpc) is 3.05. The smallest absolute Gasteiger partial charge is 0.317 e. The molecule has 132 valence electrons. The van der Waals surface area contributed by atoms with Crippen molar-refractivity contribution in [2.45, 2.75) is 31.3 Å². The maximum atomic E-state index is 12.6. The first-order chi connectivity index (χ1) is 11.5. The van der Waals surface area contributed by atoms with Crippen molar-refractivity contribution in [2.75, 3.05) is 33.4 Å². The first-order valence-electron chi connectivity index (χ1n) is 8.27. The molecule has 2 aliphatic heterocycles. The Labute approximate surface area is 152 Å². The molecule has 2 aliphatic rings. The standard InChI is InChI=1S/C17H23Cl2N3O2/c1-24-11-17(6-2-7-21-17)10-20-16(23)22-8-5-12-3-4-14(18)15(19)13(12)9-22/h3-4,21H,2,5-11H2,1H3,(H,20,23). The number of nitrogens with one attached hydrogen (secondary N) is 2. The average molecular weight is 372 g/mol. The van der Waals surface area contributed by atoms with Gasteiger partial charge in [-0.15, -0.1) is 0 Å². The van der Waals surface area contributed by atoms with Crippen LogP contribution in [0.25, 0.3) is 0 Å². The van der Waals surface area contributed by atoms with E-state index in [1.807, 2.05) is 12.1 Å². The van der Waals surface area contributed by atoms with Gasteiger partial charge in [0.1, 0.15) is 0 Å². The highest BCUT2D eigenvalue weighted by Crippen LogP contribution is 2.32. The summed E-state index contributed by atoms with van der Waals surface area (Å²) >= 11 is 12.4.